The van der Waals surface area contributed by atoms with Crippen molar-refractivity contribution < 1.29 is 19.1 Å². The molecule has 0 fully saturated rings. The lowest BCUT2D eigenvalue weighted by molar-refractivity contribution is -0.135. The Balaban J connectivity index is 2.54. The molecule has 0 aliphatic carbocycles. The van der Waals surface area contributed by atoms with Crippen molar-refractivity contribution in [1.82, 2.24) is 5.32 Å². The van der Waals surface area contributed by atoms with Gasteiger partial charge in [0.2, 0.25) is 0 Å². The summed E-state index contributed by atoms with van der Waals surface area (Å²) in [6.45, 7) is -0.460. The Labute approximate surface area is 77.0 Å². The highest BCUT2D eigenvalue weighted by Gasteiger charge is 2.09. The molecule has 13 heavy (non-hydrogen) atoms. The van der Waals surface area contributed by atoms with Gasteiger partial charge in [-0.3, -0.25) is 9.59 Å². The summed E-state index contributed by atoms with van der Waals surface area (Å²) in [6, 6.07) is 2.46. The van der Waals surface area contributed by atoms with Gasteiger partial charge in [0.1, 0.15) is 6.54 Å². The molecule has 0 spiro atoms. The van der Waals surface area contributed by atoms with Crippen LogP contribution in [0.25, 0.3) is 0 Å². The van der Waals surface area contributed by atoms with E-state index in [0.717, 1.165) is 6.07 Å². The Morgan fingerprint density at radius 3 is 2.69 bits per heavy atom. The molecule has 1 heterocycles. The summed E-state index contributed by atoms with van der Waals surface area (Å²) in [7, 11) is 0. The number of hydrogen-bond donors (Lipinski definition) is 2. The van der Waals surface area contributed by atoms with E-state index in [0.29, 0.717) is 11.3 Å². The van der Waals surface area contributed by atoms with Gasteiger partial charge in [0.05, 0.1) is 4.88 Å². The molecule has 1 rings (SSSR count). The van der Waals surface area contributed by atoms with Crippen LogP contribution in [0.4, 0.5) is 4.39 Å². The van der Waals surface area contributed by atoms with Gasteiger partial charge in [-0.25, -0.2) is 0 Å². The van der Waals surface area contributed by atoms with Gasteiger partial charge in [-0.15, -0.1) is 11.3 Å². The first-order valence-corrected chi connectivity index (χ1v) is 4.16. The lowest BCUT2D eigenvalue weighted by Gasteiger charge is -1.97. The van der Waals surface area contributed by atoms with Crippen molar-refractivity contribution in [1.29, 1.82) is 0 Å². The monoisotopic (exact) mass is 203 g/mol. The van der Waals surface area contributed by atoms with Crippen molar-refractivity contribution >= 4 is 23.2 Å². The third-order valence-corrected chi connectivity index (χ3v) is 2.07. The highest BCUT2D eigenvalue weighted by molar-refractivity contribution is 7.12. The van der Waals surface area contributed by atoms with E-state index in [4.69, 9.17) is 5.11 Å². The Kier molecular flexibility index (Phi) is 2.97. The number of nitrogens with one attached hydrogen (secondary N) is 1. The maximum absolute atomic E-state index is 12.4. The van der Waals surface area contributed by atoms with E-state index >= 15 is 0 Å². The van der Waals surface area contributed by atoms with Gasteiger partial charge in [-0.05, 0) is 12.1 Å². The summed E-state index contributed by atoms with van der Waals surface area (Å²) >= 11 is 0.676. The molecule has 4 nitrogen and oxygen atoms in total. The Hall–Kier alpha value is -1.43. The molecule has 0 unspecified atom stereocenters. The zero-order valence-electron chi connectivity index (χ0n) is 6.41. The van der Waals surface area contributed by atoms with Crippen molar-refractivity contribution in [2.75, 3.05) is 6.54 Å². The molecule has 6 heteroatoms. The van der Waals surface area contributed by atoms with Crippen LogP contribution in [-0.4, -0.2) is 23.5 Å². The van der Waals surface area contributed by atoms with Crippen LogP contribution < -0.4 is 5.32 Å². The molecule has 0 aromatic carbocycles. The van der Waals surface area contributed by atoms with E-state index in [-0.39, 0.29) is 4.88 Å². The summed E-state index contributed by atoms with van der Waals surface area (Å²) in [4.78, 5) is 21.3. The molecule has 0 atom stereocenters. The SMILES string of the molecule is O=C(O)CNC(=O)c1ccc(F)s1. The van der Waals surface area contributed by atoms with E-state index in [1.54, 1.807) is 0 Å². The maximum Gasteiger partial charge on any atom is 0.322 e. The van der Waals surface area contributed by atoms with E-state index in [1.165, 1.54) is 6.07 Å². The molecule has 2 N–H and O–H groups in total. The zero-order valence-corrected chi connectivity index (χ0v) is 7.23. The lowest BCUT2D eigenvalue weighted by atomic mass is 10.4. The second-order valence-corrected chi connectivity index (χ2v) is 3.21. The van der Waals surface area contributed by atoms with Gasteiger partial charge in [-0.1, -0.05) is 0 Å². The predicted octanol–water partition coefficient (Wildman–Crippen LogP) is 0.702. The summed E-state index contributed by atoms with van der Waals surface area (Å²) in [5.41, 5.74) is 0. The highest BCUT2D eigenvalue weighted by atomic mass is 32.1. The predicted molar refractivity (Wildman–Crippen MR) is 44.2 cm³/mol. The number of thiophene rings is 1. The summed E-state index contributed by atoms with van der Waals surface area (Å²) in [5.74, 6) is -1.71. The normalized spacial score (nSPS) is 9.62. The minimum absolute atomic E-state index is 0.166. The van der Waals surface area contributed by atoms with E-state index in [1.807, 2.05) is 0 Å². The molecule has 1 aromatic heterocycles. The van der Waals surface area contributed by atoms with Gasteiger partial charge in [0.25, 0.3) is 5.91 Å². The highest BCUT2D eigenvalue weighted by Crippen LogP contribution is 2.13. The number of carbonyl (C=O) groups is 2. The molecule has 1 amide bonds. The Morgan fingerprint density at radius 1 is 1.54 bits per heavy atom. The number of carbonyl (C=O) groups excluding carboxylic acids is 1. The molecule has 0 aliphatic heterocycles. The second kappa shape index (κ2) is 3.99. The number of aliphatic carboxylic acids is 1. The smallest absolute Gasteiger partial charge is 0.322 e. The average Bonchev–Trinajstić information content (AvgIpc) is 2.47. The maximum atomic E-state index is 12.4. The van der Waals surface area contributed by atoms with Crippen LogP contribution in [0.15, 0.2) is 12.1 Å². The van der Waals surface area contributed by atoms with Crippen LogP contribution >= 0.6 is 11.3 Å². The van der Waals surface area contributed by atoms with Crippen molar-refractivity contribution in [3.8, 4) is 0 Å². The van der Waals surface area contributed by atoms with Crippen LogP contribution in [0.3, 0.4) is 0 Å². The van der Waals surface area contributed by atoms with E-state index < -0.39 is 23.6 Å². The average molecular weight is 203 g/mol. The number of carboxylic acids is 1. The van der Waals surface area contributed by atoms with Gasteiger partial charge in [0.15, 0.2) is 5.13 Å². The third-order valence-electron chi connectivity index (χ3n) is 1.20. The summed E-state index contributed by atoms with van der Waals surface area (Å²) in [6.07, 6.45) is 0. The van der Waals surface area contributed by atoms with Crippen LogP contribution in [0, 0.1) is 5.13 Å². The Bertz CT molecular complexity index is 336. The van der Waals surface area contributed by atoms with Crippen molar-refractivity contribution in [3.05, 3.63) is 22.1 Å². The van der Waals surface area contributed by atoms with Crippen molar-refractivity contribution in [2.45, 2.75) is 0 Å². The molecule has 0 saturated carbocycles. The first-order valence-electron chi connectivity index (χ1n) is 3.35. The molecule has 0 aliphatic rings. The number of amides is 1. The first-order chi connectivity index (χ1) is 6.09. The molecule has 0 bridgehead atoms. The van der Waals surface area contributed by atoms with Gasteiger partial charge in [-0.2, -0.15) is 4.39 Å². The van der Waals surface area contributed by atoms with Crippen molar-refractivity contribution in [2.24, 2.45) is 0 Å². The van der Waals surface area contributed by atoms with E-state index in [9.17, 15) is 14.0 Å². The Morgan fingerprint density at radius 2 is 2.23 bits per heavy atom. The van der Waals surface area contributed by atoms with Crippen LogP contribution in [-0.2, 0) is 4.79 Å². The van der Waals surface area contributed by atoms with Crippen molar-refractivity contribution in [3.63, 3.8) is 0 Å². The minimum Gasteiger partial charge on any atom is -0.480 e. The summed E-state index contributed by atoms with van der Waals surface area (Å²) < 4.78 is 12.4. The molecule has 1 aromatic rings. The molecule has 0 radical (unpaired) electrons. The molecular formula is C7H6FNO3S. The lowest BCUT2D eigenvalue weighted by Crippen LogP contribution is -2.28. The first kappa shape index (κ1) is 9.66. The molecule has 70 valence electrons. The number of halogens is 1. The fourth-order valence-electron chi connectivity index (χ4n) is 0.679. The largest absolute Gasteiger partial charge is 0.480 e. The summed E-state index contributed by atoms with van der Waals surface area (Å²) in [5, 5.41) is 9.87. The zero-order chi connectivity index (χ0) is 9.84. The molecular weight excluding hydrogens is 197 g/mol. The van der Waals surface area contributed by atoms with Crippen LogP contribution in [0.1, 0.15) is 9.67 Å². The third kappa shape index (κ3) is 2.83. The second-order valence-electron chi connectivity index (χ2n) is 2.18. The number of hydrogen-bond acceptors (Lipinski definition) is 3. The van der Waals surface area contributed by atoms with Gasteiger partial charge < -0.3 is 10.4 Å². The standard InChI is InChI=1S/C7H6FNO3S/c8-5-2-1-4(13-5)7(12)9-3-6(10)11/h1-2H,3H2,(H,9,12)(H,10,11). The quantitative estimate of drug-likeness (QED) is 0.760. The fraction of sp³-hybridized carbons (Fsp3) is 0.143. The van der Waals surface area contributed by atoms with E-state index in [2.05, 4.69) is 5.32 Å². The van der Waals surface area contributed by atoms with Crippen LogP contribution in [0.2, 0.25) is 0 Å². The molecule has 0 saturated heterocycles. The van der Waals surface area contributed by atoms with Crippen LogP contribution in [0.5, 0.6) is 0 Å². The number of carboxylic acid groups (broad SMARTS) is 1. The van der Waals surface area contributed by atoms with Gasteiger partial charge >= 0.3 is 5.97 Å². The minimum atomic E-state index is -1.13. The topological polar surface area (TPSA) is 66.4 Å². The van der Waals surface area contributed by atoms with Gasteiger partial charge in [0, 0.05) is 0 Å². The number of rotatable bonds is 3. The fourth-order valence-corrected chi connectivity index (χ4v) is 1.33.